The maximum Gasteiger partial charge on any atom is 0.156 e. The molecule has 0 aliphatic heterocycles. The molecule has 80 valence electrons. The van der Waals surface area contributed by atoms with E-state index in [1.54, 1.807) is 12.4 Å². The van der Waals surface area contributed by atoms with E-state index < -0.39 is 0 Å². The largest absolute Gasteiger partial charge is 0.335 e. The number of aromatic nitrogens is 5. The number of hydrogen-bond donors (Lipinski definition) is 1. The average Bonchev–Trinajstić information content (AvgIpc) is 2.81. The fourth-order valence-corrected chi connectivity index (χ4v) is 1.81. The predicted octanol–water partition coefficient (Wildman–Crippen LogP) is 1.67. The third kappa shape index (κ3) is 1.29. The van der Waals surface area contributed by atoms with Crippen LogP contribution in [0, 0.1) is 6.92 Å². The quantitative estimate of drug-likeness (QED) is 0.668. The molecule has 0 unspecified atom stereocenters. The first-order chi connectivity index (χ1) is 7.74. The third-order valence-corrected chi connectivity index (χ3v) is 2.53. The summed E-state index contributed by atoms with van der Waals surface area (Å²) in [6.45, 7) is 1.97. The van der Waals surface area contributed by atoms with Crippen molar-refractivity contribution in [2.75, 3.05) is 0 Å². The van der Waals surface area contributed by atoms with Gasteiger partial charge in [-0.1, -0.05) is 0 Å². The average molecular weight is 213 g/mol. The third-order valence-electron chi connectivity index (χ3n) is 2.53. The Morgan fingerprint density at radius 3 is 2.94 bits per heavy atom. The van der Waals surface area contributed by atoms with Gasteiger partial charge in [0.15, 0.2) is 5.82 Å². The number of rotatable bonds is 1. The summed E-state index contributed by atoms with van der Waals surface area (Å²) in [6, 6.07) is 3.89. The number of fused-ring (bicyclic) bond motifs is 1. The summed E-state index contributed by atoms with van der Waals surface area (Å²) in [7, 11) is 1.91. The molecule has 0 saturated carbocycles. The molecule has 0 saturated heterocycles. The highest BCUT2D eigenvalue weighted by Crippen LogP contribution is 2.19. The van der Waals surface area contributed by atoms with E-state index in [1.807, 2.05) is 30.8 Å². The fraction of sp³-hybridized carbons (Fsp3) is 0.182. The summed E-state index contributed by atoms with van der Waals surface area (Å²) >= 11 is 0. The molecule has 3 heterocycles. The lowest BCUT2D eigenvalue weighted by atomic mass is 10.3. The molecule has 0 amide bonds. The van der Waals surface area contributed by atoms with Crippen molar-refractivity contribution in [2.24, 2.45) is 7.05 Å². The Balaban J connectivity index is 2.22. The van der Waals surface area contributed by atoms with Gasteiger partial charge in [-0.2, -0.15) is 5.10 Å². The van der Waals surface area contributed by atoms with Gasteiger partial charge in [-0.15, -0.1) is 0 Å². The van der Waals surface area contributed by atoms with Crippen LogP contribution in [0.1, 0.15) is 5.69 Å². The van der Waals surface area contributed by atoms with E-state index in [1.165, 1.54) is 0 Å². The molecule has 0 bridgehead atoms. The van der Waals surface area contributed by atoms with Crippen molar-refractivity contribution >= 4 is 11.0 Å². The number of nitrogens with zero attached hydrogens (tertiary/aromatic N) is 4. The highest BCUT2D eigenvalue weighted by Gasteiger charge is 2.09. The molecular weight excluding hydrogens is 202 g/mol. The monoisotopic (exact) mass is 213 g/mol. The molecule has 3 aromatic rings. The molecule has 0 spiro atoms. The zero-order valence-electron chi connectivity index (χ0n) is 9.10. The Morgan fingerprint density at radius 2 is 2.25 bits per heavy atom. The number of nitrogens with one attached hydrogen (secondary N) is 1. The molecule has 0 atom stereocenters. The Bertz CT molecular complexity index is 616. The van der Waals surface area contributed by atoms with Gasteiger partial charge in [0.1, 0.15) is 5.69 Å². The van der Waals surface area contributed by atoms with E-state index in [-0.39, 0.29) is 0 Å². The number of aryl methyl sites for hydroxylation is 2. The minimum absolute atomic E-state index is 0.825. The smallest absolute Gasteiger partial charge is 0.156 e. The van der Waals surface area contributed by atoms with Gasteiger partial charge >= 0.3 is 0 Å². The van der Waals surface area contributed by atoms with Crippen LogP contribution in [-0.4, -0.2) is 24.7 Å². The van der Waals surface area contributed by atoms with Crippen molar-refractivity contribution in [2.45, 2.75) is 6.92 Å². The van der Waals surface area contributed by atoms with Crippen molar-refractivity contribution in [3.05, 3.63) is 30.2 Å². The molecule has 0 aliphatic rings. The molecular formula is C11H11N5. The lowest BCUT2D eigenvalue weighted by Crippen LogP contribution is -1.94. The second-order valence-corrected chi connectivity index (χ2v) is 3.77. The van der Waals surface area contributed by atoms with E-state index in [4.69, 9.17) is 0 Å². The molecule has 0 aliphatic carbocycles. The molecule has 0 radical (unpaired) electrons. The number of pyridine rings is 1. The molecule has 16 heavy (non-hydrogen) atoms. The molecule has 0 aromatic carbocycles. The van der Waals surface area contributed by atoms with Crippen molar-refractivity contribution in [1.29, 1.82) is 0 Å². The summed E-state index contributed by atoms with van der Waals surface area (Å²) in [5.74, 6) is 0.825. The summed E-state index contributed by atoms with van der Waals surface area (Å²) in [6.07, 6.45) is 3.51. The lowest BCUT2D eigenvalue weighted by Gasteiger charge is -1.95. The molecule has 3 aromatic heterocycles. The summed E-state index contributed by atoms with van der Waals surface area (Å²) in [5.41, 5.74) is 3.82. The zero-order valence-corrected chi connectivity index (χ0v) is 9.10. The Morgan fingerprint density at radius 1 is 1.38 bits per heavy atom. The van der Waals surface area contributed by atoms with Gasteiger partial charge in [-0.3, -0.25) is 9.67 Å². The first-order valence-corrected chi connectivity index (χ1v) is 5.05. The fourth-order valence-electron chi connectivity index (χ4n) is 1.81. The first-order valence-electron chi connectivity index (χ1n) is 5.05. The molecule has 3 rings (SSSR count). The van der Waals surface area contributed by atoms with Gasteiger partial charge in [0.2, 0.25) is 0 Å². The van der Waals surface area contributed by atoms with Crippen molar-refractivity contribution in [1.82, 2.24) is 24.7 Å². The lowest BCUT2D eigenvalue weighted by molar-refractivity contribution is 0.760. The van der Waals surface area contributed by atoms with Crippen LogP contribution < -0.4 is 0 Å². The molecule has 1 N–H and O–H groups in total. The van der Waals surface area contributed by atoms with Crippen LogP contribution in [0.15, 0.2) is 24.5 Å². The number of imidazole rings is 1. The Hall–Kier alpha value is -2.17. The maximum absolute atomic E-state index is 4.50. The normalized spacial score (nSPS) is 11.1. The van der Waals surface area contributed by atoms with Crippen LogP contribution >= 0.6 is 0 Å². The van der Waals surface area contributed by atoms with Gasteiger partial charge in [-0.05, 0) is 19.1 Å². The second kappa shape index (κ2) is 3.16. The molecule has 5 heteroatoms. The number of hydrogen-bond acceptors (Lipinski definition) is 3. The van der Waals surface area contributed by atoms with Crippen molar-refractivity contribution in [3.63, 3.8) is 0 Å². The van der Waals surface area contributed by atoms with E-state index in [0.717, 1.165) is 28.2 Å². The SMILES string of the molecule is Cc1cc(-c2nc3ccncc3[nH]2)n(C)n1. The Labute approximate surface area is 92.2 Å². The highest BCUT2D eigenvalue weighted by molar-refractivity contribution is 5.77. The summed E-state index contributed by atoms with van der Waals surface area (Å²) in [4.78, 5) is 11.8. The number of H-pyrrole nitrogens is 1. The standard InChI is InChI=1S/C11H11N5/c1-7-5-10(16(2)15-7)11-13-8-3-4-12-6-9(8)14-11/h3-6H,1-2H3,(H,13,14). The number of aromatic amines is 1. The second-order valence-electron chi connectivity index (χ2n) is 3.77. The minimum atomic E-state index is 0.825. The van der Waals surface area contributed by atoms with Crippen LogP contribution in [0.3, 0.4) is 0 Å². The van der Waals surface area contributed by atoms with Crippen LogP contribution in [0.4, 0.5) is 0 Å². The molecule has 0 fully saturated rings. The van der Waals surface area contributed by atoms with Crippen LogP contribution in [0.5, 0.6) is 0 Å². The van der Waals surface area contributed by atoms with Crippen molar-refractivity contribution in [3.8, 4) is 11.5 Å². The van der Waals surface area contributed by atoms with Gasteiger partial charge < -0.3 is 4.98 Å². The topological polar surface area (TPSA) is 59.4 Å². The Kier molecular flexibility index (Phi) is 1.80. The predicted molar refractivity (Wildman–Crippen MR) is 60.8 cm³/mol. The van der Waals surface area contributed by atoms with Crippen LogP contribution in [0.25, 0.3) is 22.6 Å². The van der Waals surface area contributed by atoms with Crippen LogP contribution in [-0.2, 0) is 7.05 Å². The van der Waals surface area contributed by atoms with E-state index in [0.29, 0.717) is 0 Å². The maximum atomic E-state index is 4.50. The van der Waals surface area contributed by atoms with Gasteiger partial charge in [0, 0.05) is 13.2 Å². The van der Waals surface area contributed by atoms with E-state index >= 15 is 0 Å². The van der Waals surface area contributed by atoms with E-state index in [9.17, 15) is 0 Å². The van der Waals surface area contributed by atoms with Gasteiger partial charge in [0.05, 0.1) is 22.9 Å². The van der Waals surface area contributed by atoms with Crippen LogP contribution in [0.2, 0.25) is 0 Å². The summed E-state index contributed by atoms with van der Waals surface area (Å²) in [5, 5.41) is 4.30. The zero-order chi connectivity index (χ0) is 11.1. The van der Waals surface area contributed by atoms with Gasteiger partial charge in [0.25, 0.3) is 0 Å². The first kappa shape index (κ1) is 9.08. The van der Waals surface area contributed by atoms with E-state index in [2.05, 4.69) is 20.1 Å². The molecule has 5 nitrogen and oxygen atoms in total. The summed E-state index contributed by atoms with van der Waals surface area (Å²) < 4.78 is 1.82. The van der Waals surface area contributed by atoms with Gasteiger partial charge in [-0.25, -0.2) is 4.98 Å². The highest BCUT2D eigenvalue weighted by atomic mass is 15.3. The minimum Gasteiger partial charge on any atom is -0.335 e. The van der Waals surface area contributed by atoms with Crippen molar-refractivity contribution < 1.29 is 0 Å².